The van der Waals surface area contributed by atoms with Crippen LogP contribution >= 0.6 is 0 Å². The van der Waals surface area contributed by atoms with Crippen LogP contribution in [0.25, 0.3) is 11.1 Å². The number of aryl methyl sites for hydroxylation is 2. The Balaban J connectivity index is 2.31. The van der Waals surface area contributed by atoms with Gasteiger partial charge in [-0.25, -0.2) is 0 Å². The van der Waals surface area contributed by atoms with E-state index in [0.717, 1.165) is 6.42 Å². The fourth-order valence-electron chi connectivity index (χ4n) is 4.07. The van der Waals surface area contributed by atoms with Crippen LogP contribution in [0.3, 0.4) is 0 Å². The zero-order valence-corrected chi connectivity index (χ0v) is 14.5. The normalized spacial score (nSPS) is 14.2. The van der Waals surface area contributed by atoms with Gasteiger partial charge in [-0.2, -0.15) is 0 Å². The van der Waals surface area contributed by atoms with E-state index >= 15 is 0 Å². The third-order valence-corrected chi connectivity index (χ3v) is 5.19. The number of benzene rings is 2. The molecule has 0 aromatic heterocycles. The lowest BCUT2D eigenvalue weighted by atomic mass is 9.78. The molecule has 0 fully saturated rings. The van der Waals surface area contributed by atoms with E-state index in [9.17, 15) is 0 Å². The van der Waals surface area contributed by atoms with Crippen LogP contribution in [-0.2, 0) is 19.3 Å². The lowest BCUT2D eigenvalue weighted by molar-refractivity contribution is 0.682. The van der Waals surface area contributed by atoms with E-state index in [-0.39, 0.29) is 0 Å². The summed E-state index contributed by atoms with van der Waals surface area (Å²) in [5, 5.41) is 0. The number of rotatable bonds is 3. The molecule has 0 heteroatoms. The second-order valence-electron chi connectivity index (χ2n) is 6.99. The second kappa shape index (κ2) is 6.28. The van der Waals surface area contributed by atoms with E-state index in [4.69, 9.17) is 0 Å². The van der Waals surface area contributed by atoms with Crippen LogP contribution in [0.15, 0.2) is 30.3 Å². The Morgan fingerprint density at radius 2 is 1.68 bits per heavy atom. The molecule has 0 amide bonds. The van der Waals surface area contributed by atoms with E-state index in [1.165, 1.54) is 47.9 Å². The average Bonchev–Trinajstić information content (AvgIpc) is 2.54. The fourth-order valence-corrected chi connectivity index (χ4v) is 4.07. The van der Waals surface area contributed by atoms with Crippen molar-refractivity contribution in [3.05, 3.63) is 58.1 Å². The van der Waals surface area contributed by atoms with Crippen molar-refractivity contribution in [1.82, 2.24) is 0 Å². The van der Waals surface area contributed by atoms with Crippen LogP contribution in [0.4, 0.5) is 0 Å². The molecule has 2 aromatic rings. The summed E-state index contributed by atoms with van der Waals surface area (Å²) >= 11 is 0. The summed E-state index contributed by atoms with van der Waals surface area (Å²) in [6.07, 6.45) is 6.34. The molecule has 3 rings (SSSR count). The number of hydrogen-bond donors (Lipinski definition) is 0. The van der Waals surface area contributed by atoms with Crippen molar-refractivity contribution in [3.63, 3.8) is 0 Å². The van der Waals surface area contributed by atoms with E-state index in [1.807, 2.05) is 0 Å². The van der Waals surface area contributed by atoms with Gasteiger partial charge in [0.15, 0.2) is 0 Å². The molecule has 0 spiro atoms. The van der Waals surface area contributed by atoms with Gasteiger partial charge in [-0.15, -0.1) is 0 Å². The first-order valence-corrected chi connectivity index (χ1v) is 8.87. The molecule has 0 radical (unpaired) electrons. The summed E-state index contributed by atoms with van der Waals surface area (Å²) in [5.41, 5.74) is 10.9. The van der Waals surface area contributed by atoms with E-state index in [2.05, 4.69) is 58.0 Å². The van der Waals surface area contributed by atoms with E-state index < -0.39 is 0 Å². The van der Waals surface area contributed by atoms with Gasteiger partial charge in [-0.05, 0) is 83.9 Å². The summed E-state index contributed by atoms with van der Waals surface area (Å²) in [4.78, 5) is 0. The molecule has 0 unspecified atom stereocenters. The van der Waals surface area contributed by atoms with Gasteiger partial charge in [0.05, 0.1) is 0 Å². The minimum Gasteiger partial charge on any atom is -0.0619 e. The molecule has 1 aliphatic rings. The van der Waals surface area contributed by atoms with E-state index in [0.29, 0.717) is 5.92 Å². The molecule has 1 aliphatic carbocycles. The standard InChI is InChI=1S/C22H28/c1-5-17-14-16(4)19-11-7-9-13-21(19)22(17)20-12-8-6-10-18(20)15(2)3/h6,8,10,12,14-15H,5,7,9,11,13H2,1-4H3. The maximum atomic E-state index is 2.45. The minimum absolute atomic E-state index is 0.571. The molecule has 116 valence electrons. The summed E-state index contributed by atoms with van der Waals surface area (Å²) in [7, 11) is 0. The Labute approximate surface area is 135 Å². The van der Waals surface area contributed by atoms with Crippen LogP contribution in [0.5, 0.6) is 0 Å². The molecule has 0 N–H and O–H groups in total. The monoisotopic (exact) mass is 292 g/mol. The molecule has 0 saturated heterocycles. The maximum Gasteiger partial charge on any atom is -0.0114 e. The summed E-state index contributed by atoms with van der Waals surface area (Å²) in [5.74, 6) is 0.571. The van der Waals surface area contributed by atoms with Gasteiger partial charge in [0.2, 0.25) is 0 Å². The van der Waals surface area contributed by atoms with Gasteiger partial charge < -0.3 is 0 Å². The second-order valence-corrected chi connectivity index (χ2v) is 6.99. The predicted octanol–water partition coefficient (Wildman–Crippen LogP) is 6.23. The van der Waals surface area contributed by atoms with Gasteiger partial charge in [0, 0.05) is 0 Å². The third-order valence-electron chi connectivity index (χ3n) is 5.19. The van der Waals surface area contributed by atoms with Crippen molar-refractivity contribution in [1.29, 1.82) is 0 Å². The lowest BCUT2D eigenvalue weighted by Crippen LogP contribution is -2.10. The Morgan fingerprint density at radius 3 is 2.36 bits per heavy atom. The molecule has 0 nitrogen and oxygen atoms in total. The first kappa shape index (κ1) is 15.3. The number of fused-ring (bicyclic) bond motifs is 1. The molecule has 2 aromatic carbocycles. The van der Waals surface area contributed by atoms with Gasteiger partial charge in [0.25, 0.3) is 0 Å². The summed E-state index contributed by atoms with van der Waals surface area (Å²) in [6.45, 7) is 9.23. The zero-order valence-electron chi connectivity index (χ0n) is 14.5. The van der Waals surface area contributed by atoms with Crippen molar-refractivity contribution in [2.45, 2.75) is 65.7 Å². The average molecular weight is 292 g/mol. The van der Waals surface area contributed by atoms with Crippen LogP contribution in [0.2, 0.25) is 0 Å². The Morgan fingerprint density at radius 1 is 1.00 bits per heavy atom. The maximum absolute atomic E-state index is 2.45. The van der Waals surface area contributed by atoms with Crippen LogP contribution < -0.4 is 0 Å². The Kier molecular flexibility index (Phi) is 4.38. The number of hydrogen-bond acceptors (Lipinski definition) is 0. The third kappa shape index (κ3) is 2.60. The van der Waals surface area contributed by atoms with Gasteiger partial charge in [-0.1, -0.05) is 51.1 Å². The molecule has 0 saturated carbocycles. The van der Waals surface area contributed by atoms with Gasteiger partial charge in [-0.3, -0.25) is 0 Å². The Hall–Kier alpha value is -1.56. The van der Waals surface area contributed by atoms with Crippen LogP contribution in [-0.4, -0.2) is 0 Å². The van der Waals surface area contributed by atoms with Crippen molar-refractivity contribution < 1.29 is 0 Å². The van der Waals surface area contributed by atoms with Crippen molar-refractivity contribution in [2.75, 3.05) is 0 Å². The lowest BCUT2D eigenvalue weighted by Gasteiger charge is -2.26. The largest absolute Gasteiger partial charge is 0.0619 e. The van der Waals surface area contributed by atoms with Crippen LogP contribution in [0.1, 0.15) is 67.3 Å². The van der Waals surface area contributed by atoms with Crippen LogP contribution in [0, 0.1) is 6.92 Å². The van der Waals surface area contributed by atoms with Crippen molar-refractivity contribution in [2.24, 2.45) is 0 Å². The first-order chi connectivity index (χ1) is 10.6. The quantitative estimate of drug-likeness (QED) is 0.629. The predicted molar refractivity (Wildman–Crippen MR) is 96.7 cm³/mol. The highest BCUT2D eigenvalue weighted by Gasteiger charge is 2.21. The molecule has 0 aliphatic heterocycles. The zero-order chi connectivity index (χ0) is 15.7. The molecule has 22 heavy (non-hydrogen) atoms. The Bertz CT molecular complexity index is 677. The topological polar surface area (TPSA) is 0 Å². The highest BCUT2D eigenvalue weighted by atomic mass is 14.3. The van der Waals surface area contributed by atoms with Crippen molar-refractivity contribution >= 4 is 0 Å². The van der Waals surface area contributed by atoms with E-state index in [1.54, 1.807) is 16.7 Å². The molecule has 0 bridgehead atoms. The smallest absolute Gasteiger partial charge is 0.0114 e. The molecular weight excluding hydrogens is 264 g/mol. The highest BCUT2D eigenvalue weighted by molar-refractivity contribution is 5.77. The van der Waals surface area contributed by atoms with Gasteiger partial charge in [0.1, 0.15) is 0 Å². The summed E-state index contributed by atoms with van der Waals surface area (Å²) < 4.78 is 0. The minimum atomic E-state index is 0.571. The van der Waals surface area contributed by atoms with Gasteiger partial charge >= 0.3 is 0 Å². The highest BCUT2D eigenvalue weighted by Crippen LogP contribution is 2.39. The SMILES string of the molecule is CCc1cc(C)c2c(c1-c1ccccc1C(C)C)CCCC2. The molecular formula is C22H28. The molecule has 0 heterocycles. The summed E-state index contributed by atoms with van der Waals surface area (Å²) in [6, 6.07) is 11.5. The molecule has 0 atom stereocenters. The fraction of sp³-hybridized carbons (Fsp3) is 0.455. The first-order valence-electron chi connectivity index (χ1n) is 8.87. The van der Waals surface area contributed by atoms with Crippen molar-refractivity contribution in [3.8, 4) is 11.1 Å².